The number of hydrogen-bond donors (Lipinski definition) is 1. The Bertz CT molecular complexity index is 515. The highest BCUT2D eigenvalue weighted by Gasteiger charge is 2.21. The standard InChI is InChI=1S/C9H11ClN4O/c1-5-4-6-11-7(9(2,3)15)12-8(10)14(6)13-5/h4,15H,1-3H3. The summed E-state index contributed by atoms with van der Waals surface area (Å²) < 4.78 is 1.44. The van der Waals surface area contributed by atoms with E-state index in [-0.39, 0.29) is 5.28 Å². The number of hydrogen-bond acceptors (Lipinski definition) is 4. The van der Waals surface area contributed by atoms with Crippen LogP contribution >= 0.6 is 11.6 Å². The van der Waals surface area contributed by atoms with E-state index in [0.717, 1.165) is 5.69 Å². The third kappa shape index (κ3) is 1.80. The van der Waals surface area contributed by atoms with Gasteiger partial charge in [-0.3, -0.25) is 0 Å². The minimum absolute atomic E-state index is 0.199. The van der Waals surface area contributed by atoms with Crippen molar-refractivity contribution in [3.8, 4) is 0 Å². The van der Waals surface area contributed by atoms with E-state index in [9.17, 15) is 5.11 Å². The van der Waals surface area contributed by atoms with Gasteiger partial charge in [0.1, 0.15) is 5.60 Å². The highest BCUT2D eigenvalue weighted by molar-refractivity contribution is 6.28. The quantitative estimate of drug-likeness (QED) is 0.797. The molecule has 1 N–H and O–H groups in total. The van der Waals surface area contributed by atoms with Gasteiger partial charge in [0.2, 0.25) is 5.28 Å². The van der Waals surface area contributed by atoms with Gasteiger partial charge in [0, 0.05) is 6.07 Å². The van der Waals surface area contributed by atoms with Crippen LogP contribution in [0.5, 0.6) is 0 Å². The molecule has 0 amide bonds. The molecule has 0 aliphatic rings. The summed E-state index contributed by atoms with van der Waals surface area (Å²) in [5.74, 6) is 0.292. The zero-order valence-electron chi connectivity index (χ0n) is 8.69. The van der Waals surface area contributed by atoms with Crippen LogP contribution in [0.3, 0.4) is 0 Å². The van der Waals surface area contributed by atoms with Crippen molar-refractivity contribution in [2.75, 3.05) is 0 Å². The van der Waals surface area contributed by atoms with Gasteiger partial charge in [-0.1, -0.05) is 0 Å². The van der Waals surface area contributed by atoms with Gasteiger partial charge in [-0.05, 0) is 32.4 Å². The summed E-state index contributed by atoms with van der Waals surface area (Å²) in [6.07, 6.45) is 0. The van der Waals surface area contributed by atoms with Crippen molar-refractivity contribution in [1.82, 2.24) is 19.6 Å². The molecule has 0 atom stereocenters. The molecule has 2 aromatic rings. The number of rotatable bonds is 1. The summed E-state index contributed by atoms with van der Waals surface area (Å²) in [5, 5.41) is 14.1. The van der Waals surface area contributed by atoms with Gasteiger partial charge in [-0.2, -0.15) is 14.6 Å². The minimum Gasteiger partial charge on any atom is -0.382 e. The molecular weight excluding hydrogens is 216 g/mol. The Labute approximate surface area is 91.7 Å². The average Bonchev–Trinajstić information content (AvgIpc) is 2.44. The maximum Gasteiger partial charge on any atom is 0.227 e. The maximum absolute atomic E-state index is 9.77. The fourth-order valence-corrected chi connectivity index (χ4v) is 1.45. The van der Waals surface area contributed by atoms with E-state index in [1.165, 1.54) is 4.52 Å². The van der Waals surface area contributed by atoms with E-state index in [1.807, 2.05) is 6.92 Å². The van der Waals surface area contributed by atoms with Gasteiger partial charge in [-0.25, -0.2) is 4.98 Å². The van der Waals surface area contributed by atoms with Crippen LogP contribution in [-0.2, 0) is 5.60 Å². The molecule has 0 saturated carbocycles. The van der Waals surface area contributed by atoms with Gasteiger partial charge in [0.25, 0.3) is 0 Å². The van der Waals surface area contributed by atoms with E-state index in [0.29, 0.717) is 11.5 Å². The van der Waals surface area contributed by atoms with Crippen molar-refractivity contribution in [3.63, 3.8) is 0 Å². The first-order valence-electron chi connectivity index (χ1n) is 4.51. The van der Waals surface area contributed by atoms with Crippen molar-refractivity contribution in [2.24, 2.45) is 0 Å². The predicted octanol–water partition coefficient (Wildman–Crippen LogP) is 1.31. The molecule has 6 heteroatoms. The molecular formula is C9H11ClN4O. The summed E-state index contributed by atoms with van der Waals surface area (Å²) in [6.45, 7) is 5.06. The third-order valence-electron chi connectivity index (χ3n) is 1.95. The first kappa shape index (κ1) is 10.3. The smallest absolute Gasteiger partial charge is 0.227 e. The monoisotopic (exact) mass is 226 g/mol. The third-order valence-corrected chi connectivity index (χ3v) is 2.20. The van der Waals surface area contributed by atoms with E-state index < -0.39 is 5.60 Å². The van der Waals surface area contributed by atoms with E-state index >= 15 is 0 Å². The van der Waals surface area contributed by atoms with Crippen LogP contribution in [0.2, 0.25) is 5.28 Å². The Kier molecular flexibility index (Phi) is 2.17. The SMILES string of the molecule is Cc1cc2nc(C(C)(C)O)nc(Cl)n2n1. The summed E-state index contributed by atoms with van der Waals surface area (Å²) in [4.78, 5) is 8.17. The maximum atomic E-state index is 9.77. The van der Waals surface area contributed by atoms with Crippen molar-refractivity contribution < 1.29 is 5.11 Å². The predicted molar refractivity (Wildman–Crippen MR) is 55.8 cm³/mol. The molecule has 0 aromatic carbocycles. The lowest BCUT2D eigenvalue weighted by molar-refractivity contribution is 0.0687. The number of fused-ring (bicyclic) bond motifs is 1. The van der Waals surface area contributed by atoms with Crippen LogP contribution in [-0.4, -0.2) is 24.7 Å². The lowest BCUT2D eigenvalue weighted by atomic mass is 10.1. The molecule has 15 heavy (non-hydrogen) atoms. The first-order valence-corrected chi connectivity index (χ1v) is 4.88. The second kappa shape index (κ2) is 3.15. The van der Waals surface area contributed by atoms with Gasteiger partial charge >= 0.3 is 0 Å². The molecule has 0 aliphatic carbocycles. The molecule has 0 fully saturated rings. The zero-order valence-corrected chi connectivity index (χ0v) is 9.45. The fourth-order valence-electron chi connectivity index (χ4n) is 1.24. The number of halogens is 1. The zero-order chi connectivity index (χ0) is 11.2. The van der Waals surface area contributed by atoms with Gasteiger partial charge in [-0.15, -0.1) is 0 Å². The van der Waals surface area contributed by atoms with E-state index in [4.69, 9.17) is 11.6 Å². The topological polar surface area (TPSA) is 63.3 Å². The minimum atomic E-state index is -1.11. The molecule has 0 unspecified atom stereocenters. The normalized spacial score (nSPS) is 12.3. The van der Waals surface area contributed by atoms with Gasteiger partial charge < -0.3 is 5.11 Å². The Hall–Kier alpha value is -1.20. The van der Waals surface area contributed by atoms with Crippen LogP contribution < -0.4 is 0 Å². The number of aliphatic hydroxyl groups is 1. The van der Waals surface area contributed by atoms with Crippen LogP contribution in [0.25, 0.3) is 5.65 Å². The van der Waals surface area contributed by atoms with Crippen molar-refractivity contribution >= 4 is 17.2 Å². The summed E-state index contributed by atoms with van der Waals surface area (Å²) in [7, 11) is 0. The van der Waals surface area contributed by atoms with Gasteiger partial charge in [0.05, 0.1) is 5.69 Å². The molecule has 0 saturated heterocycles. The van der Waals surface area contributed by atoms with Crippen LogP contribution in [0.15, 0.2) is 6.07 Å². The molecule has 2 rings (SSSR count). The molecule has 0 radical (unpaired) electrons. The first-order chi connectivity index (χ1) is 6.88. The fraction of sp³-hybridized carbons (Fsp3) is 0.444. The number of aryl methyl sites for hydroxylation is 1. The highest BCUT2D eigenvalue weighted by atomic mass is 35.5. The molecule has 2 aromatic heterocycles. The Balaban J connectivity index is 2.72. The lowest BCUT2D eigenvalue weighted by Crippen LogP contribution is -2.20. The molecule has 80 valence electrons. The summed E-state index contributed by atoms with van der Waals surface area (Å²) >= 11 is 5.92. The van der Waals surface area contributed by atoms with Crippen molar-refractivity contribution in [3.05, 3.63) is 22.9 Å². The van der Waals surface area contributed by atoms with Gasteiger partial charge in [0.15, 0.2) is 11.5 Å². The lowest BCUT2D eigenvalue weighted by Gasteiger charge is -2.15. The van der Waals surface area contributed by atoms with Crippen molar-refractivity contribution in [2.45, 2.75) is 26.4 Å². The summed E-state index contributed by atoms with van der Waals surface area (Å²) in [6, 6.07) is 1.78. The van der Waals surface area contributed by atoms with E-state index in [2.05, 4.69) is 15.1 Å². The van der Waals surface area contributed by atoms with Crippen LogP contribution in [0, 0.1) is 6.92 Å². The Morgan fingerprint density at radius 1 is 1.40 bits per heavy atom. The van der Waals surface area contributed by atoms with Crippen molar-refractivity contribution in [1.29, 1.82) is 0 Å². The Morgan fingerprint density at radius 3 is 2.67 bits per heavy atom. The molecule has 5 nitrogen and oxygen atoms in total. The molecule has 0 spiro atoms. The van der Waals surface area contributed by atoms with Crippen LogP contribution in [0.1, 0.15) is 25.4 Å². The number of nitrogens with zero attached hydrogens (tertiary/aromatic N) is 4. The molecule has 0 bridgehead atoms. The molecule has 2 heterocycles. The van der Waals surface area contributed by atoms with Crippen LogP contribution in [0.4, 0.5) is 0 Å². The second-order valence-corrected chi connectivity index (χ2v) is 4.27. The highest BCUT2D eigenvalue weighted by Crippen LogP contribution is 2.18. The molecule has 0 aliphatic heterocycles. The largest absolute Gasteiger partial charge is 0.382 e. The Morgan fingerprint density at radius 2 is 2.07 bits per heavy atom. The number of aromatic nitrogens is 4. The average molecular weight is 227 g/mol. The summed E-state index contributed by atoms with van der Waals surface area (Å²) in [5.41, 5.74) is 0.285. The van der Waals surface area contributed by atoms with E-state index in [1.54, 1.807) is 19.9 Å². The second-order valence-electron chi connectivity index (χ2n) is 3.93.